The van der Waals surface area contributed by atoms with Crippen molar-refractivity contribution in [3.63, 3.8) is 0 Å². The number of carbonyl (C=O) groups excluding carboxylic acids is 2. The maximum absolute atomic E-state index is 13.1. The number of fused-ring (bicyclic) bond motifs is 1. The number of furan rings is 1. The van der Waals surface area contributed by atoms with Crippen molar-refractivity contribution >= 4 is 28.5 Å². The van der Waals surface area contributed by atoms with Crippen LogP contribution in [0.1, 0.15) is 26.3 Å². The second-order valence-electron chi connectivity index (χ2n) is 6.52. The molecule has 6 nitrogen and oxygen atoms in total. The summed E-state index contributed by atoms with van der Waals surface area (Å²) in [6.07, 6.45) is 1.57. The standard InChI is InChI=1S/C23H18N2O4/c1-14-12-15(23(27)28-2)9-10-18(14)25-22(26)17-13-20(21-8-5-11-29-21)24-19-7-4-3-6-16(17)19/h3-13H,1-2H3,(H,25,26). The number of amides is 1. The lowest BCUT2D eigenvalue weighted by molar-refractivity contribution is 0.0600. The smallest absolute Gasteiger partial charge is 0.337 e. The number of esters is 1. The minimum absolute atomic E-state index is 0.273. The molecule has 0 aliphatic rings. The number of pyridine rings is 1. The SMILES string of the molecule is COC(=O)c1ccc(NC(=O)c2cc(-c3ccco3)nc3ccccc23)c(C)c1. The number of benzene rings is 2. The molecule has 0 radical (unpaired) electrons. The van der Waals surface area contributed by atoms with E-state index in [9.17, 15) is 9.59 Å². The summed E-state index contributed by atoms with van der Waals surface area (Å²) in [5.41, 5.74) is 3.56. The second-order valence-corrected chi connectivity index (χ2v) is 6.52. The quantitative estimate of drug-likeness (QED) is 0.508. The van der Waals surface area contributed by atoms with Crippen LogP contribution in [0.3, 0.4) is 0 Å². The average Bonchev–Trinajstić information content (AvgIpc) is 3.28. The van der Waals surface area contributed by atoms with Gasteiger partial charge in [-0.25, -0.2) is 9.78 Å². The van der Waals surface area contributed by atoms with Crippen molar-refractivity contribution in [1.82, 2.24) is 4.98 Å². The summed E-state index contributed by atoms with van der Waals surface area (Å²) in [5.74, 6) is -0.108. The minimum Gasteiger partial charge on any atom is -0.465 e. The topological polar surface area (TPSA) is 81.4 Å². The summed E-state index contributed by atoms with van der Waals surface area (Å²) >= 11 is 0. The maximum Gasteiger partial charge on any atom is 0.337 e. The van der Waals surface area contributed by atoms with Crippen LogP contribution in [0.25, 0.3) is 22.4 Å². The third-order valence-corrected chi connectivity index (χ3v) is 4.63. The average molecular weight is 386 g/mol. The van der Waals surface area contributed by atoms with E-state index in [0.717, 1.165) is 10.9 Å². The summed E-state index contributed by atoms with van der Waals surface area (Å²) in [5, 5.41) is 3.67. The molecule has 0 fully saturated rings. The van der Waals surface area contributed by atoms with Crippen molar-refractivity contribution in [2.24, 2.45) is 0 Å². The van der Waals surface area contributed by atoms with Gasteiger partial charge in [-0.2, -0.15) is 0 Å². The molecule has 0 unspecified atom stereocenters. The zero-order valence-electron chi connectivity index (χ0n) is 15.9. The third-order valence-electron chi connectivity index (χ3n) is 4.63. The lowest BCUT2D eigenvalue weighted by atomic mass is 10.0. The lowest BCUT2D eigenvalue weighted by Crippen LogP contribution is -2.14. The van der Waals surface area contributed by atoms with Crippen LogP contribution < -0.4 is 5.32 Å². The monoisotopic (exact) mass is 386 g/mol. The summed E-state index contributed by atoms with van der Waals surface area (Å²) in [6.45, 7) is 1.82. The first kappa shape index (κ1) is 18.4. The van der Waals surface area contributed by atoms with Gasteiger partial charge in [-0.3, -0.25) is 4.79 Å². The van der Waals surface area contributed by atoms with E-state index in [1.807, 2.05) is 31.2 Å². The number of anilines is 1. The van der Waals surface area contributed by atoms with E-state index in [2.05, 4.69) is 10.3 Å². The number of methoxy groups -OCH3 is 1. The molecule has 2 heterocycles. The molecule has 29 heavy (non-hydrogen) atoms. The fraction of sp³-hybridized carbons (Fsp3) is 0.0870. The van der Waals surface area contributed by atoms with E-state index in [4.69, 9.17) is 9.15 Å². The molecule has 0 saturated heterocycles. The van der Waals surface area contributed by atoms with Gasteiger partial charge < -0.3 is 14.5 Å². The molecule has 2 aromatic carbocycles. The molecule has 4 rings (SSSR count). The molecule has 4 aromatic rings. The molecule has 144 valence electrons. The van der Waals surface area contributed by atoms with Gasteiger partial charge in [0.15, 0.2) is 5.76 Å². The summed E-state index contributed by atoms with van der Waals surface area (Å²) in [4.78, 5) is 29.4. The Hall–Kier alpha value is -3.93. The van der Waals surface area contributed by atoms with Crippen molar-refractivity contribution in [2.45, 2.75) is 6.92 Å². The Morgan fingerprint density at radius 1 is 1.03 bits per heavy atom. The molecule has 0 bridgehead atoms. The van der Waals surface area contributed by atoms with Crippen LogP contribution in [0, 0.1) is 6.92 Å². The molecule has 6 heteroatoms. The highest BCUT2D eigenvalue weighted by Gasteiger charge is 2.16. The van der Waals surface area contributed by atoms with Crippen molar-refractivity contribution in [3.8, 4) is 11.5 Å². The fourth-order valence-electron chi connectivity index (χ4n) is 3.15. The van der Waals surface area contributed by atoms with Gasteiger partial charge in [0.25, 0.3) is 5.91 Å². The minimum atomic E-state index is -0.422. The predicted octanol–water partition coefficient (Wildman–Crippen LogP) is 4.84. The Balaban J connectivity index is 1.73. The van der Waals surface area contributed by atoms with Crippen molar-refractivity contribution < 1.29 is 18.7 Å². The van der Waals surface area contributed by atoms with Gasteiger partial charge >= 0.3 is 5.97 Å². The number of ether oxygens (including phenoxy) is 1. The molecule has 1 N–H and O–H groups in total. The van der Waals surface area contributed by atoms with Crippen LogP contribution in [-0.4, -0.2) is 24.0 Å². The molecule has 1 amide bonds. The number of aryl methyl sites for hydroxylation is 1. The molecule has 0 aliphatic carbocycles. The van der Waals surface area contributed by atoms with Crippen LogP contribution in [0.4, 0.5) is 5.69 Å². The fourth-order valence-corrected chi connectivity index (χ4v) is 3.15. The third kappa shape index (κ3) is 3.60. The summed E-state index contributed by atoms with van der Waals surface area (Å²) in [7, 11) is 1.33. The number of aromatic nitrogens is 1. The molecule has 2 aromatic heterocycles. The van der Waals surface area contributed by atoms with E-state index in [-0.39, 0.29) is 5.91 Å². The van der Waals surface area contributed by atoms with E-state index in [1.165, 1.54) is 7.11 Å². The molecule has 0 atom stereocenters. The van der Waals surface area contributed by atoms with E-state index >= 15 is 0 Å². The Kier molecular flexibility index (Phi) is 4.83. The largest absolute Gasteiger partial charge is 0.465 e. The Labute approximate surface area is 167 Å². The lowest BCUT2D eigenvalue weighted by Gasteiger charge is -2.12. The normalized spacial score (nSPS) is 10.7. The van der Waals surface area contributed by atoms with Crippen molar-refractivity contribution in [1.29, 1.82) is 0 Å². The molecule has 0 aliphatic heterocycles. The zero-order chi connectivity index (χ0) is 20.4. The van der Waals surface area contributed by atoms with Crippen LogP contribution in [0.15, 0.2) is 71.3 Å². The molecule has 0 saturated carbocycles. The number of nitrogens with one attached hydrogen (secondary N) is 1. The number of hydrogen-bond donors (Lipinski definition) is 1. The van der Waals surface area contributed by atoms with Gasteiger partial charge in [-0.15, -0.1) is 0 Å². The van der Waals surface area contributed by atoms with E-state index in [0.29, 0.717) is 33.8 Å². The molecular formula is C23H18N2O4. The first-order valence-electron chi connectivity index (χ1n) is 9.01. The van der Waals surface area contributed by atoms with Crippen LogP contribution in [0.5, 0.6) is 0 Å². The molecule has 0 spiro atoms. The number of rotatable bonds is 4. The van der Waals surface area contributed by atoms with Gasteiger partial charge in [0, 0.05) is 11.1 Å². The van der Waals surface area contributed by atoms with Crippen molar-refractivity contribution in [2.75, 3.05) is 12.4 Å². The highest BCUT2D eigenvalue weighted by molar-refractivity contribution is 6.13. The van der Waals surface area contributed by atoms with Gasteiger partial charge in [-0.05, 0) is 55.0 Å². The van der Waals surface area contributed by atoms with E-state index < -0.39 is 5.97 Å². The number of nitrogens with zero attached hydrogens (tertiary/aromatic N) is 1. The zero-order valence-corrected chi connectivity index (χ0v) is 15.9. The maximum atomic E-state index is 13.1. The van der Waals surface area contributed by atoms with E-state index in [1.54, 1.807) is 42.7 Å². The first-order valence-corrected chi connectivity index (χ1v) is 9.01. The summed E-state index contributed by atoms with van der Waals surface area (Å²) < 4.78 is 10.2. The van der Waals surface area contributed by atoms with Crippen molar-refractivity contribution in [3.05, 3.63) is 83.6 Å². The van der Waals surface area contributed by atoms with Gasteiger partial charge in [0.2, 0.25) is 0 Å². The number of hydrogen-bond acceptors (Lipinski definition) is 5. The highest BCUT2D eigenvalue weighted by atomic mass is 16.5. The van der Waals surface area contributed by atoms with Gasteiger partial charge in [-0.1, -0.05) is 18.2 Å². The summed E-state index contributed by atoms with van der Waals surface area (Å²) in [6, 6.07) is 17.7. The van der Waals surface area contributed by atoms with Gasteiger partial charge in [0.1, 0.15) is 5.69 Å². The van der Waals surface area contributed by atoms with Gasteiger partial charge in [0.05, 0.1) is 30.0 Å². The Morgan fingerprint density at radius 2 is 1.86 bits per heavy atom. The first-order chi connectivity index (χ1) is 14.1. The van der Waals surface area contributed by atoms with Crippen LogP contribution in [0.2, 0.25) is 0 Å². The Bertz CT molecular complexity index is 1210. The second kappa shape index (κ2) is 7.59. The molecular weight excluding hydrogens is 368 g/mol. The van der Waals surface area contributed by atoms with Crippen LogP contribution in [-0.2, 0) is 4.74 Å². The predicted molar refractivity (Wildman–Crippen MR) is 110 cm³/mol. The van der Waals surface area contributed by atoms with Crippen LogP contribution >= 0.6 is 0 Å². The number of carbonyl (C=O) groups is 2. The highest BCUT2D eigenvalue weighted by Crippen LogP contribution is 2.26. The Morgan fingerprint density at radius 3 is 2.59 bits per heavy atom. The number of para-hydroxylation sites is 1.